The van der Waals surface area contributed by atoms with Gasteiger partial charge in [0.05, 0.1) is 16.3 Å². The summed E-state index contributed by atoms with van der Waals surface area (Å²) in [5.41, 5.74) is 6.88. The van der Waals surface area contributed by atoms with E-state index in [-0.39, 0.29) is 5.54 Å². The van der Waals surface area contributed by atoms with Crippen LogP contribution >= 0.6 is 11.6 Å². The molecule has 1 fully saturated rings. The highest BCUT2D eigenvalue weighted by Gasteiger charge is 2.35. The van der Waals surface area contributed by atoms with Crippen LogP contribution in [0.4, 0.5) is 0 Å². The Kier molecular flexibility index (Phi) is 1.81. The molecule has 0 saturated heterocycles. The van der Waals surface area contributed by atoms with Gasteiger partial charge in [0.2, 0.25) is 0 Å². The van der Waals surface area contributed by atoms with E-state index in [0.29, 0.717) is 5.02 Å². The molecule has 64 valence electrons. The molecule has 1 aliphatic carbocycles. The Balaban J connectivity index is 2.28. The van der Waals surface area contributed by atoms with Crippen LogP contribution < -0.4 is 5.73 Å². The monoisotopic (exact) mass is 182 g/mol. The van der Waals surface area contributed by atoms with E-state index >= 15 is 0 Å². The molecule has 0 spiro atoms. The summed E-state index contributed by atoms with van der Waals surface area (Å²) in [4.78, 5) is 4.22. The Morgan fingerprint density at radius 3 is 2.58 bits per heavy atom. The zero-order chi connectivity index (χ0) is 8.60. The fraction of sp³-hybridized carbons (Fsp3) is 0.444. The number of nitrogens with zero attached hydrogens (tertiary/aromatic N) is 1. The van der Waals surface area contributed by atoms with Crippen LogP contribution in [0.5, 0.6) is 0 Å². The Hall–Kier alpha value is -0.600. The first-order valence-corrected chi connectivity index (χ1v) is 4.49. The highest BCUT2D eigenvalue weighted by atomic mass is 35.5. The highest BCUT2D eigenvalue weighted by molar-refractivity contribution is 6.30. The fourth-order valence-corrected chi connectivity index (χ4v) is 1.60. The molecule has 0 radical (unpaired) electrons. The Morgan fingerprint density at radius 1 is 1.42 bits per heavy atom. The maximum Gasteiger partial charge on any atom is 0.0603 e. The summed E-state index contributed by atoms with van der Waals surface area (Å²) in [5, 5.41) is 0.668. The third-order valence-electron chi connectivity index (χ3n) is 2.48. The number of rotatable bonds is 1. The second-order valence-corrected chi connectivity index (χ2v) is 3.81. The predicted molar refractivity (Wildman–Crippen MR) is 49.0 cm³/mol. The zero-order valence-corrected chi connectivity index (χ0v) is 7.51. The van der Waals surface area contributed by atoms with Gasteiger partial charge in [-0.3, -0.25) is 4.98 Å². The number of halogens is 1. The fourth-order valence-electron chi connectivity index (χ4n) is 1.48. The summed E-state index contributed by atoms with van der Waals surface area (Å²) in [6.07, 6.45) is 4.95. The van der Waals surface area contributed by atoms with Gasteiger partial charge in [-0.15, -0.1) is 0 Å². The van der Waals surface area contributed by atoms with Gasteiger partial charge in [0.25, 0.3) is 0 Å². The molecule has 0 aliphatic heterocycles. The second-order valence-electron chi connectivity index (χ2n) is 3.37. The molecule has 0 unspecified atom stereocenters. The quantitative estimate of drug-likeness (QED) is 0.722. The average molecular weight is 183 g/mol. The van der Waals surface area contributed by atoms with Crippen molar-refractivity contribution in [2.45, 2.75) is 24.8 Å². The van der Waals surface area contributed by atoms with Crippen molar-refractivity contribution in [1.82, 2.24) is 4.98 Å². The molecule has 1 heterocycles. The third kappa shape index (κ3) is 1.21. The van der Waals surface area contributed by atoms with E-state index in [2.05, 4.69) is 4.98 Å². The van der Waals surface area contributed by atoms with Gasteiger partial charge in [-0.1, -0.05) is 11.6 Å². The van der Waals surface area contributed by atoms with Crippen molar-refractivity contribution < 1.29 is 0 Å². The summed E-state index contributed by atoms with van der Waals surface area (Å²) >= 11 is 5.72. The van der Waals surface area contributed by atoms with Crippen molar-refractivity contribution in [2.24, 2.45) is 5.73 Å². The first-order valence-electron chi connectivity index (χ1n) is 4.12. The largest absolute Gasteiger partial charge is 0.320 e. The van der Waals surface area contributed by atoms with Crippen LogP contribution in [-0.4, -0.2) is 4.98 Å². The minimum absolute atomic E-state index is 0.162. The van der Waals surface area contributed by atoms with Crippen molar-refractivity contribution in [3.8, 4) is 0 Å². The highest BCUT2D eigenvalue weighted by Crippen LogP contribution is 2.37. The molecule has 3 heteroatoms. The molecule has 2 rings (SSSR count). The molecule has 2 N–H and O–H groups in total. The van der Waals surface area contributed by atoms with Gasteiger partial charge in [0, 0.05) is 6.20 Å². The van der Waals surface area contributed by atoms with Crippen molar-refractivity contribution in [3.63, 3.8) is 0 Å². The number of aromatic nitrogens is 1. The Bertz CT molecular complexity index is 277. The van der Waals surface area contributed by atoms with Crippen LogP contribution in [0.25, 0.3) is 0 Å². The van der Waals surface area contributed by atoms with Crippen LogP contribution in [0, 0.1) is 0 Å². The van der Waals surface area contributed by atoms with Gasteiger partial charge in [0.1, 0.15) is 0 Å². The minimum atomic E-state index is -0.162. The van der Waals surface area contributed by atoms with Crippen LogP contribution in [0.2, 0.25) is 5.02 Å². The molecule has 0 aromatic carbocycles. The third-order valence-corrected chi connectivity index (χ3v) is 2.71. The molecular formula is C9H11ClN2. The normalized spacial score (nSPS) is 20.2. The standard InChI is InChI=1S/C9H11ClN2/c10-7-2-3-8(12-6-7)9(11)4-1-5-9/h2-3,6H,1,4-5,11H2. The smallest absolute Gasteiger partial charge is 0.0603 e. The molecule has 1 aromatic rings. The SMILES string of the molecule is NC1(c2ccc(Cl)cn2)CCC1. The summed E-state index contributed by atoms with van der Waals surface area (Å²) < 4.78 is 0. The number of hydrogen-bond acceptors (Lipinski definition) is 2. The minimum Gasteiger partial charge on any atom is -0.320 e. The second kappa shape index (κ2) is 2.71. The van der Waals surface area contributed by atoms with Gasteiger partial charge in [-0.25, -0.2) is 0 Å². The van der Waals surface area contributed by atoms with Gasteiger partial charge in [-0.05, 0) is 31.4 Å². The molecule has 2 nitrogen and oxygen atoms in total. The van der Waals surface area contributed by atoms with E-state index in [1.165, 1.54) is 6.42 Å². The van der Waals surface area contributed by atoms with Crippen LogP contribution in [0.15, 0.2) is 18.3 Å². The topological polar surface area (TPSA) is 38.9 Å². The van der Waals surface area contributed by atoms with E-state index in [1.54, 1.807) is 6.20 Å². The van der Waals surface area contributed by atoms with E-state index in [4.69, 9.17) is 17.3 Å². The van der Waals surface area contributed by atoms with Crippen LogP contribution in [0.3, 0.4) is 0 Å². The van der Waals surface area contributed by atoms with E-state index < -0.39 is 0 Å². The maximum absolute atomic E-state index is 6.07. The van der Waals surface area contributed by atoms with Crippen LogP contribution in [0.1, 0.15) is 25.0 Å². The average Bonchev–Trinajstić information content (AvgIpc) is 2.02. The molecule has 12 heavy (non-hydrogen) atoms. The first-order chi connectivity index (χ1) is 5.71. The molecule has 1 aliphatic rings. The Morgan fingerprint density at radius 2 is 2.17 bits per heavy atom. The lowest BCUT2D eigenvalue weighted by atomic mass is 9.75. The lowest BCUT2D eigenvalue weighted by Gasteiger charge is -2.37. The number of pyridine rings is 1. The summed E-state index contributed by atoms with van der Waals surface area (Å²) in [6, 6.07) is 3.76. The van der Waals surface area contributed by atoms with Crippen molar-refractivity contribution >= 4 is 11.6 Å². The molecular weight excluding hydrogens is 172 g/mol. The molecule has 0 amide bonds. The van der Waals surface area contributed by atoms with E-state index in [0.717, 1.165) is 18.5 Å². The lowest BCUT2D eigenvalue weighted by molar-refractivity contribution is 0.246. The first kappa shape index (κ1) is 8.02. The molecule has 0 atom stereocenters. The number of nitrogens with two attached hydrogens (primary N) is 1. The Labute approximate surface area is 76.7 Å². The lowest BCUT2D eigenvalue weighted by Crippen LogP contribution is -2.43. The number of hydrogen-bond donors (Lipinski definition) is 1. The van der Waals surface area contributed by atoms with Crippen molar-refractivity contribution in [2.75, 3.05) is 0 Å². The van der Waals surface area contributed by atoms with Crippen molar-refractivity contribution in [3.05, 3.63) is 29.0 Å². The van der Waals surface area contributed by atoms with Gasteiger partial charge >= 0.3 is 0 Å². The van der Waals surface area contributed by atoms with Gasteiger partial charge < -0.3 is 5.73 Å². The summed E-state index contributed by atoms with van der Waals surface area (Å²) in [5.74, 6) is 0. The van der Waals surface area contributed by atoms with E-state index in [9.17, 15) is 0 Å². The molecule has 1 saturated carbocycles. The maximum atomic E-state index is 6.07. The van der Waals surface area contributed by atoms with Gasteiger partial charge in [0.15, 0.2) is 0 Å². The zero-order valence-electron chi connectivity index (χ0n) is 6.76. The summed E-state index contributed by atoms with van der Waals surface area (Å²) in [7, 11) is 0. The van der Waals surface area contributed by atoms with Gasteiger partial charge in [-0.2, -0.15) is 0 Å². The van der Waals surface area contributed by atoms with E-state index in [1.807, 2.05) is 12.1 Å². The summed E-state index contributed by atoms with van der Waals surface area (Å²) in [6.45, 7) is 0. The molecule has 0 bridgehead atoms. The molecule has 1 aromatic heterocycles. The van der Waals surface area contributed by atoms with Crippen molar-refractivity contribution in [1.29, 1.82) is 0 Å². The predicted octanol–water partition coefficient (Wildman–Crippen LogP) is 2.07. The van der Waals surface area contributed by atoms with Crippen LogP contribution in [-0.2, 0) is 5.54 Å².